The van der Waals surface area contributed by atoms with Crippen LogP contribution in [0.25, 0.3) is 11.0 Å². The van der Waals surface area contributed by atoms with Gasteiger partial charge in [0.25, 0.3) is 0 Å². The zero-order chi connectivity index (χ0) is 18.6. The Morgan fingerprint density at radius 3 is 2.52 bits per heavy atom. The van der Waals surface area contributed by atoms with Gasteiger partial charge in [0.1, 0.15) is 17.3 Å². The van der Waals surface area contributed by atoms with Gasteiger partial charge in [-0.3, -0.25) is 0 Å². The number of nitriles is 1. The number of nitrogens with one attached hydrogen (secondary N) is 1. The summed E-state index contributed by atoms with van der Waals surface area (Å²) >= 11 is 0. The molecule has 0 aliphatic rings. The second-order valence-electron chi connectivity index (χ2n) is 5.49. The van der Waals surface area contributed by atoms with E-state index in [0.717, 1.165) is 33.7 Å². The van der Waals surface area contributed by atoms with Crippen molar-refractivity contribution < 1.29 is 0 Å². The number of imidazole rings is 1. The predicted octanol–water partition coefficient (Wildman–Crippen LogP) is 3.98. The van der Waals surface area contributed by atoms with Crippen LogP contribution >= 0.6 is 0 Å². The Morgan fingerprint density at radius 2 is 1.92 bits per heavy atom. The van der Waals surface area contributed by atoms with Crippen molar-refractivity contribution in [3.63, 3.8) is 0 Å². The largest absolute Gasteiger partial charge is 0.386 e. The number of rotatable bonds is 3. The Morgan fingerprint density at radius 1 is 1.20 bits per heavy atom. The van der Waals surface area contributed by atoms with Crippen LogP contribution in [0.4, 0.5) is 17.1 Å². The van der Waals surface area contributed by atoms with Crippen molar-refractivity contribution >= 4 is 28.1 Å². The molecule has 25 heavy (non-hydrogen) atoms. The Balaban J connectivity index is 0.00000109. The fraction of sp³-hybridized carbons (Fsp3) is 0.316. The molecule has 0 aliphatic carbocycles. The Bertz CT molecular complexity index is 920. The summed E-state index contributed by atoms with van der Waals surface area (Å²) in [6.45, 7) is 5.98. The van der Waals surface area contributed by atoms with E-state index in [2.05, 4.69) is 38.4 Å². The molecule has 1 aromatic carbocycles. The summed E-state index contributed by atoms with van der Waals surface area (Å²) in [5.41, 5.74) is 6.41. The van der Waals surface area contributed by atoms with Crippen molar-refractivity contribution in [2.45, 2.75) is 20.8 Å². The third kappa shape index (κ3) is 3.41. The van der Waals surface area contributed by atoms with Gasteiger partial charge in [0, 0.05) is 26.8 Å². The molecule has 2 aromatic heterocycles. The molecule has 3 aromatic rings. The highest BCUT2D eigenvalue weighted by atomic mass is 15.1. The molecule has 2 heterocycles. The second kappa shape index (κ2) is 7.67. The molecule has 6 nitrogen and oxygen atoms in total. The molecule has 3 rings (SSSR count). The van der Waals surface area contributed by atoms with Crippen LogP contribution in [0.3, 0.4) is 0 Å². The molecule has 0 spiro atoms. The molecule has 0 saturated heterocycles. The summed E-state index contributed by atoms with van der Waals surface area (Å²) in [5, 5.41) is 12.2. The molecule has 6 heteroatoms. The molecule has 0 aliphatic heterocycles. The van der Waals surface area contributed by atoms with Crippen molar-refractivity contribution in [3.05, 3.63) is 42.0 Å². The molecular weight excluding hydrogens is 312 g/mol. The first-order chi connectivity index (χ1) is 12.0. The summed E-state index contributed by atoms with van der Waals surface area (Å²) in [4.78, 5) is 10.7. The summed E-state index contributed by atoms with van der Waals surface area (Å²) in [6.07, 6.45) is 3.55. The molecular formula is C19H24N6. The number of pyridine rings is 1. The lowest BCUT2D eigenvalue weighted by Crippen LogP contribution is -2.12. The molecule has 130 valence electrons. The Kier molecular flexibility index (Phi) is 5.60. The molecule has 0 radical (unpaired) electrons. The first-order valence-corrected chi connectivity index (χ1v) is 8.28. The monoisotopic (exact) mass is 336 g/mol. The number of anilines is 3. The van der Waals surface area contributed by atoms with E-state index in [1.54, 1.807) is 12.3 Å². The van der Waals surface area contributed by atoms with Gasteiger partial charge in [-0.2, -0.15) is 5.26 Å². The minimum absolute atomic E-state index is 0.428. The van der Waals surface area contributed by atoms with Gasteiger partial charge in [-0.25, -0.2) is 9.97 Å². The summed E-state index contributed by atoms with van der Waals surface area (Å²) in [7, 11) is 5.86. The van der Waals surface area contributed by atoms with E-state index in [9.17, 15) is 0 Å². The molecule has 0 fully saturated rings. The SMILES string of the molecule is CC.CNc1cc(N(C)c2cnc(C#N)cc2C)cc2c1ncn2C. The van der Waals surface area contributed by atoms with Crippen LogP contribution in [0.2, 0.25) is 0 Å². The average Bonchev–Trinajstić information content (AvgIpc) is 3.03. The van der Waals surface area contributed by atoms with Gasteiger partial charge >= 0.3 is 0 Å². The van der Waals surface area contributed by atoms with Gasteiger partial charge in [0.15, 0.2) is 0 Å². The molecule has 0 atom stereocenters. The maximum absolute atomic E-state index is 8.96. The van der Waals surface area contributed by atoms with E-state index in [-0.39, 0.29) is 0 Å². The molecule has 0 unspecified atom stereocenters. The zero-order valence-electron chi connectivity index (χ0n) is 15.6. The lowest BCUT2D eigenvalue weighted by Gasteiger charge is -2.22. The third-order valence-corrected chi connectivity index (χ3v) is 4.03. The number of hydrogen-bond donors (Lipinski definition) is 1. The smallest absolute Gasteiger partial charge is 0.140 e. The van der Waals surface area contributed by atoms with E-state index >= 15 is 0 Å². The first kappa shape index (κ1) is 18.3. The minimum Gasteiger partial charge on any atom is -0.386 e. The van der Waals surface area contributed by atoms with Crippen LogP contribution < -0.4 is 10.2 Å². The van der Waals surface area contributed by atoms with Gasteiger partial charge in [-0.1, -0.05) is 13.8 Å². The van der Waals surface area contributed by atoms with Crippen molar-refractivity contribution in [3.8, 4) is 6.07 Å². The maximum atomic E-state index is 8.96. The molecule has 0 saturated carbocycles. The topological polar surface area (TPSA) is 69.8 Å². The number of fused-ring (bicyclic) bond motifs is 1. The zero-order valence-corrected chi connectivity index (χ0v) is 15.6. The highest BCUT2D eigenvalue weighted by Crippen LogP contribution is 2.32. The van der Waals surface area contributed by atoms with Gasteiger partial charge < -0.3 is 14.8 Å². The average molecular weight is 336 g/mol. The van der Waals surface area contributed by atoms with Crippen LogP contribution in [0.1, 0.15) is 25.1 Å². The Labute approximate surface area is 148 Å². The first-order valence-electron chi connectivity index (χ1n) is 8.28. The van der Waals surface area contributed by atoms with Crippen LogP contribution in [-0.4, -0.2) is 28.6 Å². The standard InChI is InChI=1S/C17H18N6.C2H6/c1-11-5-12(8-18)20-9-16(11)23(4)13-6-14(19-2)17-15(7-13)22(3)10-21-17;1-2/h5-7,9-10,19H,1-4H3;1-2H3. The van der Waals surface area contributed by atoms with E-state index in [4.69, 9.17) is 5.26 Å². The van der Waals surface area contributed by atoms with E-state index in [0.29, 0.717) is 5.69 Å². The van der Waals surface area contributed by atoms with Gasteiger partial charge in [0.2, 0.25) is 0 Å². The minimum atomic E-state index is 0.428. The fourth-order valence-corrected chi connectivity index (χ4v) is 2.70. The van der Waals surface area contributed by atoms with Crippen LogP contribution in [0.5, 0.6) is 0 Å². The van der Waals surface area contributed by atoms with Crippen molar-refractivity contribution in [1.82, 2.24) is 14.5 Å². The normalized spacial score (nSPS) is 9.96. The Hall–Kier alpha value is -3.07. The van der Waals surface area contributed by atoms with E-state index < -0.39 is 0 Å². The summed E-state index contributed by atoms with van der Waals surface area (Å²) < 4.78 is 2.00. The van der Waals surface area contributed by atoms with Crippen molar-refractivity contribution in [2.75, 3.05) is 24.3 Å². The van der Waals surface area contributed by atoms with Crippen molar-refractivity contribution in [1.29, 1.82) is 5.26 Å². The summed E-state index contributed by atoms with van der Waals surface area (Å²) in [5.74, 6) is 0. The second-order valence-corrected chi connectivity index (χ2v) is 5.49. The van der Waals surface area contributed by atoms with E-state index in [1.807, 2.05) is 52.8 Å². The van der Waals surface area contributed by atoms with Crippen LogP contribution in [0.15, 0.2) is 30.7 Å². The van der Waals surface area contributed by atoms with Crippen LogP contribution in [0, 0.1) is 18.3 Å². The lowest BCUT2D eigenvalue weighted by molar-refractivity contribution is 0.947. The van der Waals surface area contributed by atoms with Gasteiger partial charge in [0.05, 0.1) is 29.4 Å². The van der Waals surface area contributed by atoms with Gasteiger partial charge in [-0.15, -0.1) is 0 Å². The predicted molar refractivity (Wildman–Crippen MR) is 103 cm³/mol. The number of aryl methyl sites for hydroxylation is 2. The number of nitrogens with zero attached hydrogens (tertiary/aromatic N) is 5. The summed E-state index contributed by atoms with van der Waals surface area (Å²) in [6, 6.07) is 8.03. The number of hydrogen-bond acceptors (Lipinski definition) is 5. The number of benzene rings is 1. The fourth-order valence-electron chi connectivity index (χ4n) is 2.70. The third-order valence-electron chi connectivity index (χ3n) is 4.03. The van der Waals surface area contributed by atoms with Gasteiger partial charge in [-0.05, 0) is 30.7 Å². The molecule has 1 N–H and O–H groups in total. The maximum Gasteiger partial charge on any atom is 0.140 e. The molecule has 0 amide bonds. The quantitative estimate of drug-likeness (QED) is 0.783. The highest BCUT2D eigenvalue weighted by Gasteiger charge is 2.13. The van der Waals surface area contributed by atoms with Crippen molar-refractivity contribution in [2.24, 2.45) is 7.05 Å². The van der Waals surface area contributed by atoms with E-state index in [1.165, 1.54) is 0 Å². The highest BCUT2D eigenvalue weighted by molar-refractivity contribution is 5.93. The lowest BCUT2D eigenvalue weighted by atomic mass is 10.1. The molecule has 0 bridgehead atoms. The number of aromatic nitrogens is 3. The van der Waals surface area contributed by atoms with Crippen LogP contribution in [-0.2, 0) is 7.05 Å².